The number of nitrogens with one attached hydrogen (secondary N) is 1. The number of ether oxygens (including phenoxy) is 1. The van der Waals surface area contributed by atoms with Gasteiger partial charge < -0.3 is 15.2 Å². The third kappa shape index (κ3) is 2.80. The molecule has 1 atom stereocenters. The van der Waals surface area contributed by atoms with Crippen LogP contribution in [-0.4, -0.2) is 29.6 Å². The number of amides is 1. The number of hydrogen-bond acceptors (Lipinski definition) is 3. The Balaban J connectivity index is 2.25. The molecule has 1 unspecified atom stereocenters. The number of halogens is 1. The molecule has 2 N–H and O–H groups in total. The fraction of sp³-hybridized carbons (Fsp3) is 0.429. The third-order valence-corrected chi connectivity index (χ3v) is 4.32. The molecule has 1 aromatic carbocycles. The van der Waals surface area contributed by atoms with Gasteiger partial charge in [-0.15, -0.1) is 0 Å². The molecule has 0 aliphatic heterocycles. The molecule has 1 aliphatic rings. The first-order valence-corrected chi connectivity index (χ1v) is 7.07. The van der Waals surface area contributed by atoms with Crippen LogP contribution in [-0.2, 0) is 4.79 Å². The fourth-order valence-electron chi connectivity index (χ4n) is 2.10. The first kappa shape index (κ1) is 14.8. The van der Waals surface area contributed by atoms with E-state index in [1.165, 1.54) is 7.11 Å². The van der Waals surface area contributed by atoms with Crippen molar-refractivity contribution in [1.82, 2.24) is 5.32 Å². The summed E-state index contributed by atoms with van der Waals surface area (Å²) in [5.41, 5.74) is -0.864. The minimum atomic E-state index is -1.22. The van der Waals surface area contributed by atoms with Crippen molar-refractivity contribution in [3.05, 3.63) is 28.2 Å². The molecule has 108 valence electrons. The summed E-state index contributed by atoms with van der Waals surface area (Å²) in [7, 11) is 1.51. The van der Waals surface area contributed by atoms with Crippen LogP contribution >= 0.6 is 15.9 Å². The molecule has 20 heavy (non-hydrogen) atoms. The Morgan fingerprint density at radius 3 is 2.60 bits per heavy atom. The Labute approximate surface area is 125 Å². The summed E-state index contributed by atoms with van der Waals surface area (Å²) in [6.45, 7) is 1.55. The predicted octanol–water partition coefficient (Wildman–Crippen LogP) is 2.44. The van der Waals surface area contributed by atoms with Crippen LogP contribution in [0.5, 0.6) is 5.75 Å². The maximum atomic E-state index is 12.3. The number of benzene rings is 1. The summed E-state index contributed by atoms with van der Waals surface area (Å²) < 4.78 is 5.68. The van der Waals surface area contributed by atoms with Crippen LogP contribution < -0.4 is 10.1 Å². The van der Waals surface area contributed by atoms with E-state index in [-0.39, 0.29) is 5.92 Å². The molecule has 0 radical (unpaired) electrons. The lowest BCUT2D eigenvalue weighted by Crippen LogP contribution is -2.54. The number of hydrogen-bond donors (Lipinski definition) is 2. The highest BCUT2D eigenvalue weighted by Crippen LogP contribution is 2.40. The topological polar surface area (TPSA) is 75.6 Å². The van der Waals surface area contributed by atoms with Crippen molar-refractivity contribution in [3.8, 4) is 5.75 Å². The zero-order chi connectivity index (χ0) is 14.9. The van der Waals surface area contributed by atoms with Crippen molar-refractivity contribution in [3.63, 3.8) is 0 Å². The van der Waals surface area contributed by atoms with Gasteiger partial charge in [0.05, 0.1) is 12.7 Å². The van der Waals surface area contributed by atoms with Gasteiger partial charge in [0.2, 0.25) is 0 Å². The Hall–Kier alpha value is -1.56. The molecule has 1 saturated carbocycles. The molecule has 1 amide bonds. The van der Waals surface area contributed by atoms with Gasteiger partial charge in [0.15, 0.2) is 0 Å². The molecule has 0 bridgehead atoms. The van der Waals surface area contributed by atoms with Crippen LogP contribution in [0.15, 0.2) is 22.7 Å². The van der Waals surface area contributed by atoms with E-state index in [4.69, 9.17) is 4.74 Å². The lowest BCUT2D eigenvalue weighted by atomic mass is 9.95. The predicted molar refractivity (Wildman–Crippen MR) is 76.9 cm³/mol. The second kappa shape index (κ2) is 5.44. The van der Waals surface area contributed by atoms with Crippen molar-refractivity contribution in [2.24, 2.45) is 5.92 Å². The van der Waals surface area contributed by atoms with E-state index < -0.39 is 17.4 Å². The Morgan fingerprint density at radius 2 is 2.10 bits per heavy atom. The first-order valence-electron chi connectivity index (χ1n) is 6.28. The molecule has 6 heteroatoms. The molecule has 0 spiro atoms. The van der Waals surface area contributed by atoms with E-state index in [1.54, 1.807) is 25.1 Å². The number of carboxylic acids is 1. The van der Waals surface area contributed by atoms with Gasteiger partial charge in [0.1, 0.15) is 11.3 Å². The monoisotopic (exact) mass is 341 g/mol. The molecule has 0 heterocycles. The van der Waals surface area contributed by atoms with E-state index in [1.807, 2.05) is 0 Å². The van der Waals surface area contributed by atoms with Crippen LogP contribution in [0, 0.1) is 5.92 Å². The van der Waals surface area contributed by atoms with Gasteiger partial charge in [-0.3, -0.25) is 4.79 Å². The average molecular weight is 342 g/mol. The number of aliphatic carboxylic acids is 1. The maximum Gasteiger partial charge on any atom is 0.329 e. The van der Waals surface area contributed by atoms with Gasteiger partial charge in [0.25, 0.3) is 5.91 Å². The summed E-state index contributed by atoms with van der Waals surface area (Å²) in [5.74, 6) is -0.893. The fourth-order valence-corrected chi connectivity index (χ4v) is 2.53. The van der Waals surface area contributed by atoms with Gasteiger partial charge in [-0.2, -0.15) is 0 Å². The van der Waals surface area contributed by atoms with Gasteiger partial charge in [-0.25, -0.2) is 4.79 Å². The molecule has 1 aliphatic carbocycles. The molecular formula is C14H16BrNO4. The van der Waals surface area contributed by atoms with Gasteiger partial charge in [0, 0.05) is 4.47 Å². The van der Waals surface area contributed by atoms with E-state index in [9.17, 15) is 14.7 Å². The third-order valence-electron chi connectivity index (χ3n) is 3.63. The summed E-state index contributed by atoms with van der Waals surface area (Å²) in [6.07, 6.45) is 1.64. The first-order chi connectivity index (χ1) is 9.38. The molecule has 1 fully saturated rings. The quantitative estimate of drug-likeness (QED) is 0.862. The smallest absolute Gasteiger partial charge is 0.329 e. The number of methoxy groups -OCH3 is 1. The lowest BCUT2D eigenvalue weighted by molar-refractivity contribution is -0.144. The molecule has 1 aromatic rings. The van der Waals surface area contributed by atoms with E-state index in [0.29, 0.717) is 15.8 Å². The van der Waals surface area contributed by atoms with Crippen molar-refractivity contribution >= 4 is 27.8 Å². The Morgan fingerprint density at radius 1 is 1.45 bits per heavy atom. The van der Waals surface area contributed by atoms with E-state index in [0.717, 1.165) is 12.8 Å². The largest absolute Gasteiger partial charge is 0.497 e. The SMILES string of the molecule is COc1ccc(Br)c(C(=O)NC(C)(C(=O)O)C2CC2)c1. The molecule has 2 rings (SSSR count). The zero-order valence-corrected chi connectivity index (χ0v) is 12.9. The van der Waals surface area contributed by atoms with E-state index in [2.05, 4.69) is 21.2 Å². The number of rotatable bonds is 5. The molecule has 0 saturated heterocycles. The Bertz CT molecular complexity index is 556. The normalized spacial score (nSPS) is 17.1. The van der Waals surface area contributed by atoms with Crippen LogP contribution in [0.25, 0.3) is 0 Å². The summed E-state index contributed by atoms with van der Waals surface area (Å²) in [6, 6.07) is 5.00. The van der Waals surface area contributed by atoms with Crippen LogP contribution in [0.1, 0.15) is 30.1 Å². The van der Waals surface area contributed by atoms with Crippen molar-refractivity contribution < 1.29 is 19.4 Å². The lowest BCUT2D eigenvalue weighted by Gasteiger charge is -2.26. The standard InChI is InChI=1S/C14H16BrNO4/c1-14(13(18)19,8-3-4-8)16-12(17)10-7-9(20-2)5-6-11(10)15/h5-8H,3-4H2,1-2H3,(H,16,17)(H,18,19). The summed E-state index contributed by atoms with van der Waals surface area (Å²) in [4.78, 5) is 23.8. The molecular weight excluding hydrogens is 326 g/mol. The Kier molecular flexibility index (Phi) is 4.04. The summed E-state index contributed by atoms with van der Waals surface area (Å²) in [5, 5.41) is 12.0. The van der Waals surface area contributed by atoms with Crippen molar-refractivity contribution in [2.45, 2.75) is 25.3 Å². The van der Waals surface area contributed by atoms with Gasteiger partial charge in [-0.1, -0.05) is 0 Å². The highest BCUT2D eigenvalue weighted by molar-refractivity contribution is 9.10. The second-order valence-corrected chi connectivity index (χ2v) is 5.94. The molecule has 0 aromatic heterocycles. The number of carboxylic acid groups (broad SMARTS) is 1. The zero-order valence-electron chi connectivity index (χ0n) is 11.3. The van der Waals surface area contributed by atoms with Crippen LogP contribution in [0.3, 0.4) is 0 Å². The average Bonchev–Trinajstić information content (AvgIpc) is 3.23. The maximum absolute atomic E-state index is 12.3. The number of carbonyl (C=O) groups excluding carboxylic acids is 1. The second-order valence-electron chi connectivity index (χ2n) is 5.08. The summed E-state index contributed by atoms with van der Waals surface area (Å²) >= 11 is 3.29. The highest BCUT2D eigenvalue weighted by atomic mass is 79.9. The molecule has 5 nitrogen and oxygen atoms in total. The van der Waals surface area contributed by atoms with Gasteiger partial charge in [-0.05, 0) is 59.8 Å². The van der Waals surface area contributed by atoms with Crippen molar-refractivity contribution in [2.75, 3.05) is 7.11 Å². The number of carbonyl (C=O) groups is 2. The highest BCUT2D eigenvalue weighted by Gasteiger charge is 2.48. The van der Waals surface area contributed by atoms with Crippen LogP contribution in [0.4, 0.5) is 0 Å². The van der Waals surface area contributed by atoms with E-state index >= 15 is 0 Å². The van der Waals surface area contributed by atoms with Crippen molar-refractivity contribution in [1.29, 1.82) is 0 Å². The minimum absolute atomic E-state index is 0.00617. The van der Waals surface area contributed by atoms with Crippen LogP contribution in [0.2, 0.25) is 0 Å². The van der Waals surface area contributed by atoms with Gasteiger partial charge >= 0.3 is 5.97 Å². The minimum Gasteiger partial charge on any atom is -0.497 e.